The van der Waals surface area contributed by atoms with Gasteiger partial charge in [-0.3, -0.25) is 0 Å². The quantitative estimate of drug-likeness (QED) is 0.685. The van der Waals surface area contributed by atoms with Crippen molar-refractivity contribution in [2.45, 2.75) is 24.8 Å². The summed E-state index contributed by atoms with van der Waals surface area (Å²) in [6.45, 7) is 1.94. The first kappa shape index (κ1) is 9.12. The van der Waals surface area contributed by atoms with Crippen molar-refractivity contribution in [3.63, 3.8) is 0 Å². The van der Waals surface area contributed by atoms with Crippen LogP contribution < -0.4 is 11.1 Å². The minimum absolute atomic E-state index is 0.127. The van der Waals surface area contributed by atoms with Gasteiger partial charge in [0.05, 0.1) is 11.2 Å². The minimum Gasteiger partial charge on any atom is -0.324 e. The summed E-state index contributed by atoms with van der Waals surface area (Å²) in [5.41, 5.74) is 9.11. The van der Waals surface area contributed by atoms with Crippen molar-refractivity contribution in [1.29, 1.82) is 0 Å². The molecule has 0 aromatic carbocycles. The average molecular weight is 197 g/mol. The van der Waals surface area contributed by atoms with Gasteiger partial charge >= 0.3 is 0 Å². The molecule has 1 fully saturated rings. The summed E-state index contributed by atoms with van der Waals surface area (Å²) in [4.78, 5) is 4.21. The van der Waals surface area contributed by atoms with Gasteiger partial charge < -0.3 is 11.1 Å². The number of nitrogens with zero attached hydrogens (tertiary/aromatic N) is 1. The summed E-state index contributed by atoms with van der Waals surface area (Å²) >= 11 is 1.65. The second kappa shape index (κ2) is 3.74. The molecule has 0 bridgehead atoms. The highest BCUT2D eigenvalue weighted by Crippen LogP contribution is 2.30. The summed E-state index contributed by atoms with van der Waals surface area (Å²) in [5, 5.41) is 5.46. The Morgan fingerprint density at radius 1 is 1.62 bits per heavy atom. The van der Waals surface area contributed by atoms with E-state index in [4.69, 9.17) is 5.73 Å². The molecule has 1 aliphatic rings. The van der Waals surface area contributed by atoms with Gasteiger partial charge in [0.25, 0.3) is 0 Å². The Morgan fingerprint density at radius 2 is 2.46 bits per heavy atom. The third-order valence-electron chi connectivity index (χ3n) is 2.41. The number of aromatic nitrogens is 1. The second-order valence-corrected chi connectivity index (χ2v) is 4.49. The summed E-state index contributed by atoms with van der Waals surface area (Å²) in [5.74, 6) is 0. The molecule has 0 aliphatic heterocycles. The van der Waals surface area contributed by atoms with Crippen molar-refractivity contribution >= 4 is 11.3 Å². The zero-order valence-corrected chi connectivity index (χ0v) is 8.44. The molecule has 1 aromatic rings. The maximum absolute atomic E-state index is 5.93. The van der Waals surface area contributed by atoms with E-state index in [-0.39, 0.29) is 5.54 Å². The van der Waals surface area contributed by atoms with Crippen LogP contribution in [0.4, 0.5) is 0 Å². The summed E-state index contributed by atoms with van der Waals surface area (Å²) in [6.07, 6.45) is 3.37. The van der Waals surface area contributed by atoms with Crippen LogP contribution in [0.25, 0.3) is 0 Å². The lowest BCUT2D eigenvalue weighted by atomic mass is 10.3. The monoisotopic (exact) mass is 197 g/mol. The fraction of sp³-hybridized carbons (Fsp3) is 0.667. The van der Waals surface area contributed by atoms with Crippen molar-refractivity contribution < 1.29 is 0 Å². The Bertz CT molecular complexity index is 254. The van der Waals surface area contributed by atoms with E-state index in [0.717, 1.165) is 19.5 Å². The van der Waals surface area contributed by atoms with E-state index in [0.29, 0.717) is 0 Å². The molecule has 2 rings (SSSR count). The molecule has 72 valence electrons. The lowest BCUT2D eigenvalue weighted by molar-refractivity contribution is 0.569. The Labute approximate surface area is 82.4 Å². The SMILES string of the molecule is NC1(CNCCc2cscn2)CC1. The van der Waals surface area contributed by atoms with Crippen LogP contribution in [-0.4, -0.2) is 23.6 Å². The summed E-state index contributed by atoms with van der Waals surface area (Å²) < 4.78 is 0. The smallest absolute Gasteiger partial charge is 0.0794 e. The molecule has 1 heterocycles. The third-order valence-corrected chi connectivity index (χ3v) is 3.05. The van der Waals surface area contributed by atoms with Crippen LogP contribution in [0.3, 0.4) is 0 Å². The molecule has 1 saturated carbocycles. The van der Waals surface area contributed by atoms with Crippen LogP contribution in [0.15, 0.2) is 10.9 Å². The Balaban J connectivity index is 1.59. The first-order valence-electron chi connectivity index (χ1n) is 4.65. The first-order valence-corrected chi connectivity index (χ1v) is 5.59. The summed E-state index contributed by atoms with van der Waals surface area (Å²) in [6, 6.07) is 0. The molecular weight excluding hydrogens is 182 g/mol. The van der Waals surface area contributed by atoms with Crippen molar-refractivity contribution in [2.24, 2.45) is 5.73 Å². The summed E-state index contributed by atoms with van der Waals surface area (Å²) in [7, 11) is 0. The second-order valence-electron chi connectivity index (χ2n) is 3.77. The van der Waals surface area contributed by atoms with E-state index in [2.05, 4.69) is 15.7 Å². The van der Waals surface area contributed by atoms with Gasteiger partial charge in [0.15, 0.2) is 0 Å². The molecule has 0 radical (unpaired) electrons. The van der Waals surface area contributed by atoms with E-state index >= 15 is 0 Å². The third kappa shape index (κ3) is 2.76. The van der Waals surface area contributed by atoms with Crippen LogP contribution in [0.2, 0.25) is 0 Å². The van der Waals surface area contributed by atoms with E-state index in [9.17, 15) is 0 Å². The van der Waals surface area contributed by atoms with Gasteiger partial charge in [-0.05, 0) is 12.8 Å². The maximum atomic E-state index is 5.93. The van der Waals surface area contributed by atoms with Crippen LogP contribution in [-0.2, 0) is 6.42 Å². The fourth-order valence-electron chi connectivity index (χ4n) is 1.25. The Morgan fingerprint density at radius 3 is 3.08 bits per heavy atom. The molecule has 1 aliphatic carbocycles. The molecule has 0 amide bonds. The molecule has 3 nitrogen and oxygen atoms in total. The average Bonchev–Trinajstić information content (AvgIpc) is 2.69. The van der Waals surface area contributed by atoms with E-state index in [1.165, 1.54) is 18.5 Å². The van der Waals surface area contributed by atoms with Gasteiger partial charge in [0.2, 0.25) is 0 Å². The van der Waals surface area contributed by atoms with Gasteiger partial charge in [-0.25, -0.2) is 4.98 Å². The topological polar surface area (TPSA) is 50.9 Å². The highest BCUT2D eigenvalue weighted by Gasteiger charge is 2.37. The number of nitrogens with one attached hydrogen (secondary N) is 1. The maximum Gasteiger partial charge on any atom is 0.0794 e. The molecule has 0 saturated heterocycles. The van der Waals surface area contributed by atoms with Gasteiger partial charge in [-0.1, -0.05) is 0 Å². The molecule has 0 atom stereocenters. The van der Waals surface area contributed by atoms with Crippen LogP contribution in [0.1, 0.15) is 18.5 Å². The largest absolute Gasteiger partial charge is 0.324 e. The van der Waals surface area contributed by atoms with Crippen molar-refractivity contribution in [3.8, 4) is 0 Å². The molecular formula is C9H15N3S. The van der Waals surface area contributed by atoms with Crippen LogP contribution in [0, 0.1) is 0 Å². The lowest BCUT2D eigenvalue weighted by Gasteiger charge is -2.08. The normalized spacial score (nSPS) is 18.8. The zero-order chi connectivity index (χ0) is 9.15. The minimum atomic E-state index is 0.127. The number of nitrogens with two attached hydrogens (primary N) is 1. The molecule has 0 unspecified atom stereocenters. The van der Waals surface area contributed by atoms with Gasteiger partial charge in [-0.15, -0.1) is 11.3 Å². The van der Waals surface area contributed by atoms with Crippen LogP contribution in [0.5, 0.6) is 0 Å². The Hall–Kier alpha value is -0.450. The first-order chi connectivity index (χ1) is 6.29. The lowest BCUT2D eigenvalue weighted by Crippen LogP contribution is -2.36. The number of thiazole rings is 1. The number of hydrogen-bond donors (Lipinski definition) is 2. The zero-order valence-electron chi connectivity index (χ0n) is 7.62. The highest BCUT2D eigenvalue weighted by molar-refractivity contribution is 7.07. The van der Waals surface area contributed by atoms with Crippen molar-refractivity contribution in [2.75, 3.05) is 13.1 Å². The fourth-order valence-corrected chi connectivity index (χ4v) is 1.85. The van der Waals surface area contributed by atoms with Gasteiger partial charge in [0, 0.05) is 30.4 Å². The van der Waals surface area contributed by atoms with Crippen molar-refractivity contribution in [3.05, 3.63) is 16.6 Å². The number of rotatable bonds is 5. The molecule has 0 spiro atoms. The van der Waals surface area contributed by atoms with Gasteiger partial charge in [0.1, 0.15) is 0 Å². The molecule has 4 heteroatoms. The van der Waals surface area contributed by atoms with Crippen LogP contribution >= 0.6 is 11.3 Å². The Kier molecular flexibility index (Phi) is 2.62. The molecule has 1 aromatic heterocycles. The molecule has 3 N–H and O–H groups in total. The molecule has 13 heavy (non-hydrogen) atoms. The van der Waals surface area contributed by atoms with E-state index < -0.39 is 0 Å². The highest BCUT2D eigenvalue weighted by atomic mass is 32.1. The van der Waals surface area contributed by atoms with Crippen molar-refractivity contribution in [1.82, 2.24) is 10.3 Å². The standard InChI is InChI=1S/C9H15N3S/c10-9(2-3-9)6-11-4-1-8-5-13-7-12-8/h5,7,11H,1-4,6,10H2. The van der Waals surface area contributed by atoms with E-state index in [1.807, 2.05) is 5.51 Å². The predicted molar refractivity (Wildman–Crippen MR) is 54.8 cm³/mol. The van der Waals surface area contributed by atoms with E-state index in [1.54, 1.807) is 11.3 Å². The van der Waals surface area contributed by atoms with Gasteiger partial charge in [-0.2, -0.15) is 0 Å². The predicted octanol–water partition coefficient (Wildman–Crippen LogP) is 0.766. The number of hydrogen-bond acceptors (Lipinski definition) is 4.